The van der Waals surface area contributed by atoms with Crippen LogP contribution in [-0.4, -0.2) is 11.7 Å². The van der Waals surface area contributed by atoms with Gasteiger partial charge in [-0.05, 0) is 24.3 Å². The van der Waals surface area contributed by atoms with E-state index in [0.717, 1.165) is 10.0 Å². The molecule has 0 aliphatic carbocycles. The molecule has 0 spiro atoms. The summed E-state index contributed by atoms with van der Waals surface area (Å²) >= 11 is 4.67. The van der Waals surface area contributed by atoms with E-state index >= 15 is 0 Å². The third kappa shape index (κ3) is 2.84. The van der Waals surface area contributed by atoms with Crippen molar-refractivity contribution >= 4 is 39.4 Å². The monoisotopic (exact) mass is 350 g/mol. The number of hydrogen-bond acceptors (Lipinski definition) is 4. The molecule has 0 aliphatic rings. The van der Waals surface area contributed by atoms with Crippen molar-refractivity contribution in [3.8, 4) is 11.8 Å². The Labute approximate surface area is 128 Å². The molecule has 0 amide bonds. The molecule has 0 aliphatic heterocycles. The maximum Gasteiger partial charge on any atom is 0.268 e. The summed E-state index contributed by atoms with van der Waals surface area (Å²) in [4.78, 5) is 12.1. The normalized spacial score (nSPS) is 12.5. The van der Waals surface area contributed by atoms with E-state index in [1.165, 1.54) is 22.0 Å². The van der Waals surface area contributed by atoms with Crippen molar-refractivity contribution < 1.29 is 4.74 Å². The van der Waals surface area contributed by atoms with E-state index in [9.17, 15) is 4.79 Å². The Kier molecular flexibility index (Phi) is 4.42. The lowest BCUT2D eigenvalue weighted by Crippen LogP contribution is -2.28. The van der Waals surface area contributed by atoms with Crippen LogP contribution in [-0.2, 0) is 7.05 Å². The summed E-state index contributed by atoms with van der Waals surface area (Å²) in [6.07, 6.45) is 3.13. The van der Waals surface area contributed by atoms with E-state index in [4.69, 9.17) is 10.00 Å². The minimum atomic E-state index is -0.126. The second-order valence-electron chi connectivity index (χ2n) is 3.97. The van der Waals surface area contributed by atoms with Gasteiger partial charge in [0.25, 0.3) is 5.56 Å². The minimum absolute atomic E-state index is 0.126. The second-order valence-corrected chi connectivity index (χ2v) is 5.95. The summed E-state index contributed by atoms with van der Waals surface area (Å²) in [6.45, 7) is 0. The van der Waals surface area contributed by atoms with Crippen molar-refractivity contribution in [3.05, 3.63) is 47.8 Å². The highest BCUT2D eigenvalue weighted by molar-refractivity contribution is 9.10. The Morgan fingerprint density at radius 1 is 1.50 bits per heavy atom. The third-order valence-corrected chi connectivity index (χ3v) is 4.33. The van der Waals surface area contributed by atoms with Gasteiger partial charge in [0, 0.05) is 23.2 Å². The van der Waals surface area contributed by atoms with Crippen LogP contribution in [0.1, 0.15) is 5.56 Å². The molecule has 1 aromatic carbocycles. The molecule has 4 nitrogen and oxygen atoms in total. The van der Waals surface area contributed by atoms with Gasteiger partial charge in [0.05, 0.1) is 17.7 Å². The van der Waals surface area contributed by atoms with Crippen molar-refractivity contribution in [2.24, 2.45) is 7.05 Å². The van der Waals surface area contributed by atoms with Crippen molar-refractivity contribution in [1.82, 2.24) is 4.57 Å². The molecule has 0 fully saturated rings. The molecule has 2 rings (SSSR count). The maximum atomic E-state index is 12.1. The van der Waals surface area contributed by atoms with E-state index < -0.39 is 0 Å². The molecule has 102 valence electrons. The first-order valence-corrected chi connectivity index (χ1v) is 7.28. The van der Waals surface area contributed by atoms with Gasteiger partial charge in [0.2, 0.25) is 0 Å². The molecule has 1 aromatic heterocycles. The summed E-state index contributed by atoms with van der Waals surface area (Å²) < 4.78 is 8.83. The molecule has 0 bridgehead atoms. The fraction of sp³-hybridized carbons (Fsp3) is 0.143. The number of halogens is 1. The van der Waals surface area contributed by atoms with Crippen LogP contribution in [0.3, 0.4) is 0 Å². The predicted octanol–water partition coefficient (Wildman–Crippen LogP) is 1.35. The van der Waals surface area contributed by atoms with Gasteiger partial charge in [-0.2, -0.15) is 5.26 Å². The summed E-state index contributed by atoms with van der Waals surface area (Å²) in [7, 11) is 3.24. The largest absolute Gasteiger partial charge is 0.496 e. The average molecular weight is 351 g/mol. The lowest BCUT2D eigenvalue weighted by molar-refractivity contribution is 0.413. The Morgan fingerprint density at radius 3 is 2.90 bits per heavy atom. The smallest absolute Gasteiger partial charge is 0.268 e. The second kappa shape index (κ2) is 6.07. The first-order valence-electron chi connectivity index (χ1n) is 5.67. The van der Waals surface area contributed by atoms with Crippen molar-refractivity contribution in [1.29, 1.82) is 5.26 Å². The number of methoxy groups -OCH3 is 1. The molecule has 20 heavy (non-hydrogen) atoms. The molecule has 0 saturated heterocycles. The van der Waals surface area contributed by atoms with E-state index in [2.05, 4.69) is 15.9 Å². The fourth-order valence-corrected chi connectivity index (χ4v) is 3.07. The summed E-state index contributed by atoms with van der Waals surface area (Å²) in [6, 6.07) is 7.52. The van der Waals surface area contributed by atoms with Gasteiger partial charge >= 0.3 is 0 Å². The zero-order valence-electron chi connectivity index (χ0n) is 10.9. The lowest BCUT2D eigenvalue weighted by atomic mass is 10.2. The number of rotatable bonds is 2. The molecular formula is C14H11BrN2O2S. The van der Waals surface area contributed by atoms with E-state index in [1.807, 2.05) is 24.3 Å². The Morgan fingerprint density at radius 2 is 2.25 bits per heavy atom. The van der Waals surface area contributed by atoms with Crippen molar-refractivity contribution in [2.75, 3.05) is 7.11 Å². The molecule has 1 heterocycles. The number of ether oxygens (including phenoxy) is 1. The van der Waals surface area contributed by atoms with Gasteiger partial charge in [-0.3, -0.25) is 4.79 Å². The standard InChI is InChI=1S/C14H11BrN2O2S/c1-17-13(5-6-16)20-12(14(17)18)8-9-7-10(15)3-4-11(9)19-2/h3-5,7-8H,1-2H3/b12-8-,13-5-. The molecule has 0 unspecified atom stereocenters. The van der Waals surface area contributed by atoms with E-state index in [1.54, 1.807) is 20.2 Å². The third-order valence-electron chi connectivity index (χ3n) is 2.73. The van der Waals surface area contributed by atoms with Crippen LogP contribution < -0.4 is 19.5 Å². The van der Waals surface area contributed by atoms with Crippen LogP contribution in [0.2, 0.25) is 0 Å². The number of thiazole rings is 1. The first kappa shape index (κ1) is 14.6. The van der Waals surface area contributed by atoms with Crippen LogP contribution in [0.5, 0.6) is 5.75 Å². The first-order chi connectivity index (χ1) is 9.56. The van der Waals surface area contributed by atoms with Gasteiger partial charge in [0.1, 0.15) is 10.4 Å². The predicted molar refractivity (Wildman–Crippen MR) is 83.1 cm³/mol. The molecule has 0 N–H and O–H groups in total. The van der Waals surface area contributed by atoms with Gasteiger partial charge in [-0.25, -0.2) is 0 Å². The molecule has 2 aromatic rings. The number of nitriles is 1. The molecule has 6 heteroatoms. The fourth-order valence-electron chi connectivity index (χ4n) is 1.72. The van der Waals surface area contributed by atoms with Gasteiger partial charge in [-0.1, -0.05) is 15.9 Å². The summed E-state index contributed by atoms with van der Waals surface area (Å²) in [5, 5.41) is 8.70. The van der Waals surface area contributed by atoms with Crippen LogP contribution in [0.15, 0.2) is 27.5 Å². The number of nitrogens with zero attached hydrogens (tertiary/aromatic N) is 2. The van der Waals surface area contributed by atoms with Crippen LogP contribution in [0.25, 0.3) is 12.2 Å². The highest BCUT2D eigenvalue weighted by Crippen LogP contribution is 2.23. The van der Waals surface area contributed by atoms with E-state index in [0.29, 0.717) is 14.9 Å². The van der Waals surface area contributed by atoms with Crippen LogP contribution in [0, 0.1) is 11.3 Å². The maximum absolute atomic E-state index is 12.1. The highest BCUT2D eigenvalue weighted by atomic mass is 79.9. The van der Waals surface area contributed by atoms with E-state index in [-0.39, 0.29) is 5.56 Å². The Bertz CT molecular complexity index is 859. The van der Waals surface area contributed by atoms with Crippen LogP contribution >= 0.6 is 27.3 Å². The zero-order valence-corrected chi connectivity index (χ0v) is 13.3. The number of aromatic nitrogens is 1. The summed E-state index contributed by atoms with van der Waals surface area (Å²) in [5.41, 5.74) is 0.683. The van der Waals surface area contributed by atoms with Gasteiger partial charge < -0.3 is 9.30 Å². The zero-order chi connectivity index (χ0) is 14.7. The van der Waals surface area contributed by atoms with Crippen LogP contribution in [0.4, 0.5) is 0 Å². The molecular weight excluding hydrogens is 340 g/mol. The summed E-state index contributed by atoms with van der Waals surface area (Å²) in [5.74, 6) is 0.689. The topological polar surface area (TPSA) is 55.0 Å². The average Bonchev–Trinajstić information content (AvgIpc) is 2.68. The number of benzene rings is 1. The van der Waals surface area contributed by atoms with Gasteiger partial charge in [-0.15, -0.1) is 11.3 Å². The molecule has 0 atom stereocenters. The molecule has 0 radical (unpaired) electrons. The SMILES string of the molecule is COc1ccc(Br)cc1/C=c1\s/c(=C\C#N)n(C)c1=O. The minimum Gasteiger partial charge on any atom is -0.496 e. The lowest BCUT2D eigenvalue weighted by Gasteiger charge is -2.04. The van der Waals surface area contributed by atoms with Gasteiger partial charge in [0.15, 0.2) is 0 Å². The number of hydrogen-bond donors (Lipinski definition) is 0. The van der Waals surface area contributed by atoms with Crippen molar-refractivity contribution in [3.63, 3.8) is 0 Å². The Balaban J connectivity index is 2.73. The Hall–Kier alpha value is -1.84. The quantitative estimate of drug-likeness (QED) is 0.821. The highest BCUT2D eigenvalue weighted by Gasteiger charge is 2.04. The van der Waals surface area contributed by atoms with Crippen molar-refractivity contribution in [2.45, 2.75) is 0 Å². The molecule has 0 saturated carbocycles.